The van der Waals surface area contributed by atoms with Crippen molar-refractivity contribution in [1.82, 2.24) is 5.32 Å². The number of hydrogen-bond acceptors (Lipinski definition) is 4. The second kappa shape index (κ2) is 7.86. The zero-order chi connectivity index (χ0) is 15.2. The number of hydrogen-bond donors (Lipinski definition) is 2. The minimum absolute atomic E-state index is 0.117. The molecule has 0 aliphatic heterocycles. The van der Waals surface area contributed by atoms with Crippen molar-refractivity contribution in [3.8, 4) is 11.5 Å². The molecule has 0 aliphatic carbocycles. The first-order valence-electron chi connectivity index (χ1n) is 6.76. The van der Waals surface area contributed by atoms with E-state index in [2.05, 4.69) is 28.2 Å². The first kappa shape index (κ1) is 17.3. The molecular formula is C15H24BrNO3. The number of nitrogens with one attached hydrogen (secondary N) is 1. The fraction of sp³-hybridized carbons (Fsp3) is 0.600. The summed E-state index contributed by atoms with van der Waals surface area (Å²) in [6.07, 6.45) is 1.95. The molecule has 0 spiro atoms. The standard InChI is InChI=1S/C15H24BrNO3/c1-5-6-15(2,10-18)17-9-11-7-13(19-3)14(20-4)8-12(11)16/h7-8,17-18H,5-6,9-10H2,1-4H3. The van der Waals surface area contributed by atoms with Gasteiger partial charge in [-0.1, -0.05) is 29.3 Å². The van der Waals surface area contributed by atoms with Crippen molar-refractivity contribution in [1.29, 1.82) is 0 Å². The van der Waals surface area contributed by atoms with Gasteiger partial charge in [0.05, 0.1) is 20.8 Å². The van der Waals surface area contributed by atoms with Crippen molar-refractivity contribution in [3.63, 3.8) is 0 Å². The Labute approximate surface area is 129 Å². The van der Waals surface area contributed by atoms with E-state index in [0.29, 0.717) is 18.0 Å². The van der Waals surface area contributed by atoms with Crippen molar-refractivity contribution < 1.29 is 14.6 Å². The Kier molecular flexibility index (Phi) is 6.79. The van der Waals surface area contributed by atoms with Gasteiger partial charge in [0.2, 0.25) is 0 Å². The third kappa shape index (κ3) is 4.36. The summed E-state index contributed by atoms with van der Waals surface area (Å²) in [5.74, 6) is 1.40. The zero-order valence-corrected chi connectivity index (χ0v) is 14.2. The Hall–Kier alpha value is -0.780. The highest BCUT2D eigenvalue weighted by Crippen LogP contribution is 2.33. The molecule has 0 fully saturated rings. The van der Waals surface area contributed by atoms with Gasteiger partial charge in [-0.25, -0.2) is 0 Å². The van der Waals surface area contributed by atoms with Crippen LogP contribution in [0.4, 0.5) is 0 Å². The highest BCUT2D eigenvalue weighted by Gasteiger charge is 2.22. The van der Waals surface area contributed by atoms with Crippen molar-refractivity contribution in [2.24, 2.45) is 0 Å². The van der Waals surface area contributed by atoms with Crippen LogP contribution in [0.25, 0.3) is 0 Å². The molecule has 1 aromatic carbocycles. The molecule has 0 bridgehead atoms. The predicted molar refractivity (Wildman–Crippen MR) is 84.5 cm³/mol. The van der Waals surface area contributed by atoms with Crippen LogP contribution < -0.4 is 14.8 Å². The van der Waals surface area contributed by atoms with E-state index >= 15 is 0 Å². The molecule has 0 saturated carbocycles. The second-order valence-electron chi connectivity index (χ2n) is 5.12. The zero-order valence-electron chi connectivity index (χ0n) is 12.6. The Morgan fingerprint density at radius 2 is 1.85 bits per heavy atom. The molecule has 2 N–H and O–H groups in total. The molecule has 0 aromatic heterocycles. The third-order valence-electron chi connectivity index (χ3n) is 3.41. The quantitative estimate of drug-likeness (QED) is 0.760. The molecule has 0 radical (unpaired) electrons. The molecular weight excluding hydrogens is 322 g/mol. The van der Waals surface area contributed by atoms with E-state index in [1.165, 1.54) is 0 Å². The summed E-state index contributed by atoms with van der Waals surface area (Å²) in [5.41, 5.74) is 0.805. The van der Waals surface area contributed by atoms with Gasteiger partial charge in [0.25, 0.3) is 0 Å². The Morgan fingerprint density at radius 1 is 1.25 bits per heavy atom. The average molecular weight is 346 g/mol. The van der Waals surface area contributed by atoms with Crippen LogP contribution in [0.1, 0.15) is 32.3 Å². The maximum atomic E-state index is 9.53. The first-order valence-corrected chi connectivity index (χ1v) is 7.55. The van der Waals surface area contributed by atoms with E-state index in [0.717, 1.165) is 22.9 Å². The summed E-state index contributed by atoms with van der Waals surface area (Å²) in [5, 5.41) is 12.9. The summed E-state index contributed by atoms with van der Waals surface area (Å²) >= 11 is 3.54. The highest BCUT2D eigenvalue weighted by atomic mass is 79.9. The summed E-state index contributed by atoms with van der Waals surface area (Å²) < 4.78 is 11.5. The lowest BCUT2D eigenvalue weighted by Gasteiger charge is -2.29. The Morgan fingerprint density at radius 3 is 2.35 bits per heavy atom. The summed E-state index contributed by atoms with van der Waals surface area (Å²) in [6, 6.07) is 3.84. The lowest BCUT2D eigenvalue weighted by atomic mass is 9.97. The summed E-state index contributed by atoms with van der Waals surface area (Å²) in [6.45, 7) is 4.91. The van der Waals surface area contributed by atoms with Gasteiger partial charge in [-0.3, -0.25) is 0 Å². The van der Waals surface area contributed by atoms with E-state index in [-0.39, 0.29) is 12.1 Å². The maximum Gasteiger partial charge on any atom is 0.161 e. The van der Waals surface area contributed by atoms with Gasteiger partial charge in [-0.05, 0) is 31.0 Å². The van der Waals surface area contributed by atoms with Crippen LogP contribution in [0.5, 0.6) is 11.5 Å². The molecule has 0 saturated heterocycles. The SMILES string of the molecule is CCCC(C)(CO)NCc1cc(OC)c(OC)cc1Br. The minimum Gasteiger partial charge on any atom is -0.493 e. The largest absolute Gasteiger partial charge is 0.493 e. The number of aliphatic hydroxyl groups excluding tert-OH is 1. The molecule has 5 heteroatoms. The number of aliphatic hydroxyl groups is 1. The van der Waals surface area contributed by atoms with Gasteiger partial charge in [0, 0.05) is 16.6 Å². The number of methoxy groups -OCH3 is 2. The average Bonchev–Trinajstić information content (AvgIpc) is 2.45. The molecule has 1 atom stereocenters. The highest BCUT2D eigenvalue weighted by molar-refractivity contribution is 9.10. The van der Waals surface area contributed by atoms with Crippen LogP contribution in [0.15, 0.2) is 16.6 Å². The van der Waals surface area contributed by atoms with E-state index in [1.54, 1.807) is 14.2 Å². The lowest BCUT2D eigenvalue weighted by molar-refractivity contribution is 0.163. The smallest absolute Gasteiger partial charge is 0.161 e. The van der Waals surface area contributed by atoms with Crippen LogP contribution in [-0.2, 0) is 6.54 Å². The van der Waals surface area contributed by atoms with Crippen LogP contribution in [0.2, 0.25) is 0 Å². The number of benzene rings is 1. The van der Waals surface area contributed by atoms with Crippen molar-refractivity contribution in [3.05, 3.63) is 22.2 Å². The molecule has 1 unspecified atom stereocenters. The molecule has 0 amide bonds. The fourth-order valence-corrected chi connectivity index (χ4v) is 2.58. The monoisotopic (exact) mass is 345 g/mol. The molecule has 1 aromatic rings. The topological polar surface area (TPSA) is 50.7 Å². The van der Waals surface area contributed by atoms with E-state index < -0.39 is 0 Å². The molecule has 1 rings (SSSR count). The van der Waals surface area contributed by atoms with Gasteiger partial charge in [-0.15, -0.1) is 0 Å². The molecule has 0 aliphatic rings. The maximum absolute atomic E-state index is 9.53. The minimum atomic E-state index is -0.263. The molecule has 114 valence electrons. The van der Waals surface area contributed by atoms with Gasteiger partial charge < -0.3 is 19.9 Å². The van der Waals surface area contributed by atoms with E-state index in [1.807, 2.05) is 19.1 Å². The van der Waals surface area contributed by atoms with E-state index in [4.69, 9.17) is 9.47 Å². The van der Waals surface area contributed by atoms with Gasteiger partial charge in [0.1, 0.15) is 0 Å². The Balaban J connectivity index is 2.87. The summed E-state index contributed by atoms with van der Waals surface area (Å²) in [7, 11) is 3.24. The molecule has 4 nitrogen and oxygen atoms in total. The first-order chi connectivity index (χ1) is 9.49. The number of halogens is 1. The number of rotatable bonds is 8. The van der Waals surface area contributed by atoms with Crippen molar-refractivity contribution in [2.45, 2.75) is 38.8 Å². The molecule has 0 heterocycles. The third-order valence-corrected chi connectivity index (χ3v) is 4.15. The van der Waals surface area contributed by atoms with Gasteiger partial charge in [0.15, 0.2) is 11.5 Å². The Bertz CT molecular complexity index is 439. The fourth-order valence-electron chi connectivity index (χ4n) is 2.12. The van der Waals surface area contributed by atoms with Gasteiger partial charge >= 0.3 is 0 Å². The number of ether oxygens (including phenoxy) is 2. The molecule has 20 heavy (non-hydrogen) atoms. The van der Waals surface area contributed by atoms with Crippen molar-refractivity contribution >= 4 is 15.9 Å². The van der Waals surface area contributed by atoms with E-state index in [9.17, 15) is 5.11 Å². The van der Waals surface area contributed by atoms with Crippen LogP contribution in [0.3, 0.4) is 0 Å². The second-order valence-corrected chi connectivity index (χ2v) is 5.98. The van der Waals surface area contributed by atoms with Crippen LogP contribution in [0, 0.1) is 0 Å². The summed E-state index contributed by atoms with van der Waals surface area (Å²) in [4.78, 5) is 0. The predicted octanol–water partition coefficient (Wildman–Crippen LogP) is 3.11. The van der Waals surface area contributed by atoms with Crippen LogP contribution in [-0.4, -0.2) is 31.5 Å². The van der Waals surface area contributed by atoms with Gasteiger partial charge in [-0.2, -0.15) is 0 Å². The normalized spacial score (nSPS) is 13.9. The lowest BCUT2D eigenvalue weighted by Crippen LogP contribution is -2.45. The van der Waals surface area contributed by atoms with Crippen molar-refractivity contribution in [2.75, 3.05) is 20.8 Å². The van der Waals surface area contributed by atoms with Crippen LogP contribution >= 0.6 is 15.9 Å².